The fraction of sp³-hybridized carbons (Fsp3) is 0.393. The normalized spacial score (nSPS) is 15.7. The zero-order chi connectivity index (χ0) is 28.3. The van der Waals surface area contributed by atoms with E-state index in [-0.39, 0.29) is 37.1 Å². The molecule has 1 aliphatic rings. The van der Waals surface area contributed by atoms with E-state index >= 15 is 0 Å². The highest BCUT2D eigenvalue weighted by Crippen LogP contribution is 2.34. The van der Waals surface area contributed by atoms with E-state index in [0.29, 0.717) is 36.0 Å². The molecule has 3 heterocycles. The Morgan fingerprint density at radius 2 is 1.95 bits per heavy atom. The number of nitrogen functional groups attached to an aromatic ring is 1. The topological polar surface area (TPSA) is 128 Å². The van der Waals surface area contributed by atoms with Crippen LogP contribution >= 0.6 is 0 Å². The minimum atomic E-state index is -4.29. The minimum Gasteiger partial charge on any atom is -0.493 e. The van der Waals surface area contributed by atoms with E-state index in [0.717, 1.165) is 12.8 Å². The summed E-state index contributed by atoms with van der Waals surface area (Å²) < 4.78 is 48.2. The predicted molar refractivity (Wildman–Crippen MR) is 153 cm³/mol. The number of benzene rings is 1. The first-order valence-corrected chi connectivity index (χ1v) is 14.4. The second kappa shape index (κ2) is 11.6. The quantitative estimate of drug-likeness (QED) is 0.369. The first kappa shape index (κ1) is 28.3. The van der Waals surface area contributed by atoms with Crippen LogP contribution in [0.3, 0.4) is 0 Å². The van der Waals surface area contributed by atoms with Crippen molar-refractivity contribution in [1.29, 1.82) is 0 Å². The van der Waals surface area contributed by atoms with Crippen molar-refractivity contribution < 1.29 is 25.2 Å². The van der Waals surface area contributed by atoms with Crippen LogP contribution < -0.4 is 20.1 Å². The van der Waals surface area contributed by atoms with Crippen LogP contribution in [0, 0.1) is 17.7 Å². The van der Waals surface area contributed by atoms with E-state index in [4.69, 9.17) is 15.5 Å². The molecule has 2 aromatic heterocycles. The summed E-state index contributed by atoms with van der Waals surface area (Å²) in [5, 5.41) is -0.364. The largest absolute Gasteiger partial charge is 0.493 e. The molecule has 3 N–H and O–H groups in total. The van der Waals surface area contributed by atoms with Gasteiger partial charge in [0.2, 0.25) is 0 Å². The lowest BCUT2D eigenvalue weighted by Gasteiger charge is -2.30. The predicted octanol–water partition coefficient (Wildman–Crippen LogP) is 5.14. The lowest BCUT2D eigenvalue weighted by Crippen LogP contribution is -2.37. The van der Waals surface area contributed by atoms with Gasteiger partial charge in [-0.2, -0.15) is 8.42 Å². The maximum Gasteiger partial charge on any atom is 0.281 e. The first-order chi connectivity index (χ1) is 18.4. The number of pyridine rings is 2. The Morgan fingerprint density at radius 1 is 1.18 bits per heavy atom. The van der Waals surface area contributed by atoms with E-state index in [9.17, 15) is 17.6 Å². The number of aromatic nitrogens is 2. The number of carbonyl (C=O) groups is 1. The fourth-order valence-corrected chi connectivity index (χ4v) is 5.56. The lowest BCUT2D eigenvalue weighted by atomic mass is 10.0. The van der Waals surface area contributed by atoms with E-state index in [2.05, 4.69) is 23.6 Å². The van der Waals surface area contributed by atoms with Gasteiger partial charge in [0.05, 0.1) is 17.9 Å². The Balaban J connectivity index is 0.00000294. The number of hydrogen-bond donors (Lipinski definition) is 2. The molecule has 1 saturated heterocycles. The Morgan fingerprint density at radius 3 is 2.64 bits per heavy atom. The Hall–Kier alpha value is -3.73. The number of rotatable bonds is 9. The molecule has 39 heavy (non-hydrogen) atoms. The van der Waals surface area contributed by atoms with Gasteiger partial charge in [-0.3, -0.25) is 4.79 Å². The third-order valence-electron chi connectivity index (χ3n) is 6.46. The maximum absolute atomic E-state index is 14.5. The van der Waals surface area contributed by atoms with E-state index in [1.807, 2.05) is 18.7 Å². The van der Waals surface area contributed by atoms with Crippen LogP contribution in [0.2, 0.25) is 0 Å². The summed E-state index contributed by atoms with van der Waals surface area (Å²) in [6.07, 6.45) is 1.80. The monoisotopic (exact) mass is 559 g/mol. The molecule has 0 bridgehead atoms. The van der Waals surface area contributed by atoms with Gasteiger partial charge in [0.15, 0.2) is 5.03 Å². The smallest absolute Gasteiger partial charge is 0.281 e. The molecule has 3 aromatic rings. The molecule has 1 atom stereocenters. The maximum atomic E-state index is 14.5. The molecule has 1 fully saturated rings. The van der Waals surface area contributed by atoms with Crippen LogP contribution in [0.5, 0.6) is 5.75 Å². The zero-order valence-corrected chi connectivity index (χ0v) is 23.3. The van der Waals surface area contributed by atoms with Crippen molar-refractivity contribution in [2.24, 2.45) is 11.8 Å². The molecule has 0 aliphatic carbocycles. The summed E-state index contributed by atoms with van der Waals surface area (Å²) in [5.41, 5.74) is 6.64. The van der Waals surface area contributed by atoms with Gasteiger partial charge in [0.25, 0.3) is 15.9 Å². The summed E-state index contributed by atoms with van der Waals surface area (Å²) in [6, 6.07) is 11.7. The summed E-state index contributed by atoms with van der Waals surface area (Å²) in [7, 11) is -4.29. The summed E-state index contributed by atoms with van der Waals surface area (Å²) in [4.78, 5) is 24.0. The first-order valence-electron chi connectivity index (χ1n) is 13.0. The third-order valence-corrected chi connectivity index (χ3v) is 7.69. The highest BCUT2D eigenvalue weighted by Gasteiger charge is 2.32. The molecule has 1 aromatic carbocycles. The van der Waals surface area contributed by atoms with Gasteiger partial charge in [-0.1, -0.05) is 33.8 Å². The van der Waals surface area contributed by atoms with Crippen molar-refractivity contribution in [1.82, 2.24) is 14.7 Å². The van der Waals surface area contributed by atoms with Crippen molar-refractivity contribution in [3.63, 3.8) is 0 Å². The number of sulfonamides is 1. The van der Waals surface area contributed by atoms with E-state index < -0.39 is 21.7 Å². The van der Waals surface area contributed by atoms with E-state index in [1.165, 1.54) is 36.4 Å². The van der Waals surface area contributed by atoms with Crippen molar-refractivity contribution in [3.8, 4) is 17.0 Å². The van der Waals surface area contributed by atoms with Crippen LogP contribution in [0.25, 0.3) is 11.3 Å². The number of nitrogens with zero attached hydrogens (tertiary/aromatic N) is 3. The Bertz CT molecular complexity index is 1470. The van der Waals surface area contributed by atoms with E-state index in [1.54, 1.807) is 12.1 Å². The van der Waals surface area contributed by atoms with Gasteiger partial charge in [-0.25, -0.2) is 19.1 Å². The molecular weight excluding hydrogens is 521 g/mol. The third kappa shape index (κ3) is 6.65. The average molecular weight is 560 g/mol. The highest BCUT2D eigenvalue weighted by molar-refractivity contribution is 7.90. The molecule has 0 saturated carbocycles. The van der Waals surface area contributed by atoms with Crippen LogP contribution in [-0.2, 0) is 10.0 Å². The number of anilines is 2. The minimum absolute atomic E-state index is 0. The zero-order valence-electron chi connectivity index (χ0n) is 22.5. The second-order valence-corrected chi connectivity index (χ2v) is 12.1. The SMILES string of the molecule is CC(C)COc1cc(F)cc(-c2ccc(C(=O)NS(=O)(=O)c3cccc(N)n3)c(N3CCCC3C(C)C)n2)c1.[HH].[HH]. The number of nitrogens with one attached hydrogen (secondary N) is 1. The van der Waals surface area contributed by atoms with Crippen molar-refractivity contribution >= 4 is 27.6 Å². The number of nitrogens with two attached hydrogens (primary N) is 1. The molecule has 1 unspecified atom stereocenters. The van der Waals surface area contributed by atoms with Crippen molar-refractivity contribution in [2.45, 2.75) is 51.6 Å². The molecular formula is C28H38FN5O4S. The van der Waals surface area contributed by atoms with Gasteiger partial charge in [0.1, 0.15) is 23.2 Å². The van der Waals surface area contributed by atoms with Crippen LogP contribution in [-0.4, -0.2) is 43.5 Å². The molecule has 11 heteroatoms. The number of halogens is 1. The number of amides is 1. The van der Waals surface area contributed by atoms with Gasteiger partial charge < -0.3 is 15.4 Å². The van der Waals surface area contributed by atoms with Crippen LogP contribution in [0.15, 0.2) is 53.6 Å². The molecule has 212 valence electrons. The van der Waals surface area contributed by atoms with Gasteiger partial charge >= 0.3 is 0 Å². The lowest BCUT2D eigenvalue weighted by molar-refractivity contribution is 0.0981. The number of ether oxygens (including phenoxy) is 1. The van der Waals surface area contributed by atoms with Gasteiger partial charge in [-0.05, 0) is 61.1 Å². The summed E-state index contributed by atoms with van der Waals surface area (Å²) in [6.45, 7) is 9.26. The summed E-state index contributed by atoms with van der Waals surface area (Å²) in [5.74, 6) is -0.0564. The second-order valence-electron chi connectivity index (χ2n) is 10.4. The average Bonchev–Trinajstić information content (AvgIpc) is 3.37. The van der Waals surface area contributed by atoms with Crippen LogP contribution in [0.1, 0.15) is 53.7 Å². The molecule has 4 rings (SSSR count). The van der Waals surface area contributed by atoms with Crippen molar-refractivity contribution in [2.75, 3.05) is 23.8 Å². The summed E-state index contributed by atoms with van der Waals surface area (Å²) >= 11 is 0. The van der Waals surface area contributed by atoms with Crippen molar-refractivity contribution in [3.05, 3.63) is 59.9 Å². The highest BCUT2D eigenvalue weighted by atomic mass is 32.2. The molecule has 0 radical (unpaired) electrons. The Kier molecular flexibility index (Phi) is 8.39. The standard InChI is InChI=1S/C28H34FN5O4S.2H2/c1-17(2)16-38-21-14-19(13-20(29)15-21)23-11-10-22(27(31-23)34-12-6-7-24(34)18(3)4)28(35)33-39(36,37)26-9-5-8-25(30)32-26;;/h5,8-11,13-15,17-18,24H,6-7,12,16H2,1-4H3,(H2,30,32)(H,33,35);2*1H. The fourth-order valence-electron chi connectivity index (χ4n) is 4.62. The number of hydrogen-bond acceptors (Lipinski definition) is 8. The molecule has 1 aliphatic heterocycles. The molecule has 9 nitrogen and oxygen atoms in total. The number of carbonyl (C=O) groups excluding carboxylic acids is 1. The van der Waals surface area contributed by atoms with Crippen LogP contribution in [0.4, 0.5) is 16.0 Å². The Labute approximate surface area is 231 Å². The van der Waals surface area contributed by atoms with Gasteiger partial charge in [0, 0.05) is 27.1 Å². The van der Waals surface area contributed by atoms with Gasteiger partial charge in [-0.15, -0.1) is 0 Å². The molecule has 0 spiro atoms. The molecule has 1 amide bonds.